The molecule has 1 saturated heterocycles. The zero-order valence-corrected chi connectivity index (χ0v) is 24.7. The number of benzene rings is 3. The van der Waals surface area contributed by atoms with Crippen molar-refractivity contribution in [1.29, 1.82) is 0 Å². The lowest BCUT2D eigenvalue weighted by Gasteiger charge is -2.28. The highest BCUT2D eigenvalue weighted by Crippen LogP contribution is 2.44. The molecule has 6 heteroatoms. The van der Waals surface area contributed by atoms with E-state index in [9.17, 15) is 0 Å². The first-order chi connectivity index (χ1) is 20.0. The summed E-state index contributed by atoms with van der Waals surface area (Å²) in [4.78, 5) is 6.97. The van der Waals surface area contributed by atoms with Gasteiger partial charge in [-0.1, -0.05) is 49.4 Å². The van der Waals surface area contributed by atoms with E-state index in [4.69, 9.17) is 21.9 Å². The van der Waals surface area contributed by atoms with Crippen LogP contribution in [0.1, 0.15) is 52.8 Å². The lowest BCUT2D eigenvalue weighted by atomic mass is 9.96. The van der Waals surface area contributed by atoms with E-state index in [2.05, 4.69) is 84.9 Å². The Morgan fingerprint density at radius 2 is 1.59 bits per heavy atom. The Morgan fingerprint density at radius 3 is 2.29 bits per heavy atom. The van der Waals surface area contributed by atoms with Crippen molar-refractivity contribution >= 4 is 23.0 Å². The van der Waals surface area contributed by atoms with Crippen LogP contribution in [0.2, 0.25) is 0 Å². The van der Waals surface area contributed by atoms with Gasteiger partial charge in [-0.25, -0.2) is 0 Å². The first kappa shape index (κ1) is 26.8. The van der Waals surface area contributed by atoms with E-state index >= 15 is 0 Å². The van der Waals surface area contributed by atoms with Gasteiger partial charge in [0, 0.05) is 23.3 Å². The molecule has 0 spiro atoms. The van der Waals surface area contributed by atoms with Gasteiger partial charge in [-0.15, -0.1) is 0 Å². The predicted octanol–water partition coefficient (Wildman–Crippen LogP) is 8.33. The Kier molecular flexibility index (Phi) is 7.33. The molecule has 2 atom stereocenters. The molecule has 0 bridgehead atoms. The van der Waals surface area contributed by atoms with Crippen molar-refractivity contribution in [3.05, 3.63) is 137 Å². The molecule has 2 aromatic heterocycles. The van der Waals surface area contributed by atoms with Crippen LogP contribution >= 0.6 is 12.2 Å². The van der Waals surface area contributed by atoms with Gasteiger partial charge in [0.25, 0.3) is 0 Å². The molecule has 0 radical (unpaired) electrons. The van der Waals surface area contributed by atoms with E-state index in [0.717, 1.165) is 29.3 Å². The Balaban J connectivity index is 1.45. The molecular formula is C35H34N4OS. The number of nitrogens with one attached hydrogen (secondary N) is 1. The highest BCUT2D eigenvalue weighted by molar-refractivity contribution is 7.80. The number of ether oxygens (including phenoxy) is 1. The maximum Gasteiger partial charge on any atom is 0.174 e. The third kappa shape index (κ3) is 5.00. The van der Waals surface area contributed by atoms with Crippen LogP contribution in [0.15, 0.2) is 103 Å². The van der Waals surface area contributed by atoms with Gasteiger partial charge < -0.3 is 19.5 Å². The molecule has 1 N–H and O–H groups in total. The average molecular weight is 559 g/mol. The lowest BCUT2D eigenvalue weighted by molar-refractivity contribution is 0.482. The molecule has 5 aromatic rings. The number of nitrogens with zero attached hydrogens (tertiary/aromatic N) is 3. The molecule has 206 valence electrons. The molecular weight excluding hydrogens is 524 g/mol. The average Bonchev–Trinajstić information content (AvgIpc) is 3.49. The minimum absolute atomic E-state index is 0.0904. The maximum atomic E-state index is 6.06. The van der Waals surface area contributed by atoms with Crippen molar-refractivity contribution < 1.29 is 4.74 Å². The SMILES string of the molecule is CCc1cccc(C)c1-n1c(C)cc([C@@H]2[C@@H](c3ccccn3)NC(=S)N2c2ccc(Oc3ccccc3)cc2)c1C. The van der Waals surface area contributed by atoms with Crippen LogP contribution in [-0.2, 0) is 6.42 Å². The number of aryl methyl sites for hydroxylation is 3. The number of rotatable bonds is 7. The van der Waals surface area contributed by atoms with E-state index < -0.39 is 0 Å². The summed E-state index contributed by atoms with van der Waals surface area (Å²) in [5.41, 5.74) is 9.47. The minimum Gasteiger partial charge on any atom is -0.457 e. The van der Waals surface area contributed by atoms with E-state index in [1.165, 1.54) is 33.8 Å². The van der Waals surface area contributed by atoms with Gasteiger partial charge in [0.1, 0.15) is 11.5 Å². The number of thiocarbonyl (C=S) groups is 1. The third-order valence-electron chi connectivity index (χ3n) is 7.91. The highest BCUT2D eigenvalue weighted by atomic mass is 32.1. The van der Waals surface area contributed by atoms with Gasteiger partial charge in [-0.3, -0.25) is 4.98 Å². The van der Waals surface area contributed by atoms with E-state index in [-0.39, 0.29) is 12.1 Å². The van der Waals surface area contributed by atoms with E-state index in [0.29, 0.717) is 5.11 Å². The van der Waals surface area contributed by atoms with Gasteiger partial charge in [0.2, 0.25) is 0 Å². The Morgan fingerprint density at radius 1 is 0.854 bits per heavy atom. The van der Waals surface area contributed by atoms with E-state index in [1.807, 2.05) is 60.8 Å². The Labute approximate surface area is 247 Å². The van der Waals surface area contributed by atoms with Crippen molar-refractivity contribution in [3.8, 4) is 17.2 Å². The van der Waals surface area contributed by atoms with Crippen LogP contribution < -0.4 is 15.0 Å². The van der Waals surface area contributed by atoms with Crippen LogP contribution in [0.25, 0.3) is 5.69 Å². The second-order valence-corrected chi connectivity index (χ2v) is 10.9. The fourth-order valence-electron chi connectivity index (χ4n) is 6.00. The lowest BCUT2D eigenvalue weighted by Crippen LogP contribution is -2.29. The molecule has 0 aliphatic carbocycles. The number of aromatic nitrogens is 2. The maximum absolute atomic E-state index is 6.06. The van der Waals surface area contributed by atoms with Crippen molar-refractivity contribution in [1.82, 2.24) is 14.9 Å². The molecule has 1 aliphatic heterocycles. The van der Waals surface area contributed by atoms with Crippen LogP contribution in [0.4, 0.5) is 5.69 Å². The van der Waals surface area contributed by atoms with Crippen molar-refractivity contribution in [3.63, 3.8) is 0 Å². The normalized spacial score (nSPS) is 16.6. The van der Waals surface area contributed by atoms with Crippen LogP contribution in [0.5, 0.6) is 11.5 Å². The smallest absolute Gasteiger partial charge is 0.174 e. The monoisotopic (exact) mass is 558 g/mol. The molecule has 5 nitrogen and oxygen atoms in total. The zero-order valence-electron chi connectivity index (χ0n) is 23.8. The predicted molar refractivity (Wildman–Crippen MR) is 170 cm³/mol. The summed E-state index contributed by atoms with van der Waals surface area (Å²) in [5.74, 6) is 1.59. The molecule has 1 fully saturated rings. The fraction of sp³-hybridized carbons (Fsp3) is 0.200. The van der Waals surface area contributed by atoms with Crippen molar-refractivity contribution in [2.24, 2.45) is 0 Å². The fourth-order valence-corrected chi connectivity index (χ4v) is 6.35. The van der Waals surface area contributed by atoms with Crippen LogP contribution in [0.3, 0.4) is 0 Å². The molecule has 6 rings (SSSR count). The molecule has 3 heterocycles. The number of anilines is 1. The Hall–Kier alpha value is -4.42. The van der Waals surface area contributed by atoms with Crippen molar-refractivity contribution in [2.45, 2.75) is 46.2 Å². The molecule has 41 heavy (non-hydrogen) atoms. The first-order valence-electron chi connectivity index (χ1n) is 14.1. The second kappa shape index (κ2) is 11.2. The number of hydrogen-bond donors (Lipinski definition) is 1. The summed E-state index contributed by atoms with van der Waals surface area (Å²) in [7, 11) is 0. The van der Waals surface area contributed by atoms with Gasteiger partial charge in [-0.05, 0) is 111 Å². The summed E-state index contributed by atoms with van der Waals surface area (Å²) < 4.78 is 8.48. The molecule has 1 aliphatic rings. The standard InChI is InChI=1S/C35H34N4OS/c1-5-26-13-11-12-23(2)33(26)38-24(3)22-30(25(38)4)34-32(31-16-9-10-21-36-31)37-35(41)39(34)27-17-19-29(20-18-27)40-28-14-7-6-8-15-28/h6-22,32,34H,5H2,1-4H3,(H,37,41)/t32-,34-/m1/s1. The van der Waals surface area contributed by atoms with Crippen LogP contribution in [0, 0.1) is 20.8 Å². The van der Waals surface area contributed by atoms with Gasteiger partial charge in [-0.2, -0.15) is 0 Å². The summed E-state index contributed by atoms with van der Waals surface area (Å²) in [6.45, 7) is 8.83. The van der Waals surface area contributed by atoms with Crippen molar-refractivity contribution in [2.75, 3.05) is 4.90 Å². The van der Waals surface area contributed by atoms with Gasteiger partial charge >= 0.3 is 0 Å². The number of para-hydroxylation sites is 2. The van der Waals surface area contributed by atoms with Crippen LogP contribution in [-0.4, -0.2) is 14.7 Å². The summed E-state index contributed by atoms with van der Waals surface area (Å²) in [6, 6.07) is 32.7. The highest BCUT2D eigenvalue weighted by Gasteiger charge is 2.42. The first-order valence-corrected chi connectivity index (χ1v) is 14.5. The Bertz CT molecular complexity index is 1680. The quantitative estimate of drug-likeness (QED) is 0.203. The third-order valence-corrected chi connectivity index (χ3v) is 8.22. The van der Waals surface area contributed by atoms with E-state index in [1.54, 1.807) is 0 Å². The second-order valence-electron chi connectivity index (χ2n) is 10.5. The molecule has 0 amide bonds. The summed E-state index contributed by atoms with van der Waals surface area (Å²) in [6.07, 6.45) is 2.82. The topological polar surface area (TPSA) is 42.3 Å². The summed E-state index contributed by atoms with van der Waals surface area (Å²) >= 11 is 6.00. The molecule has 0 saturated carbocycles. The number of pyridine rings is 1. The largest absolute Gasteiger partial charge is 0.457 e. The minimum atomic E-state index is -0.111. The zero-order chi connectivity index (χ0) is 28.5. The summed E-state index contributed by atoms with van der Waals surface area (Å²) in [5, 5.41) is 4.28. The van der Waals surface area contributed by atoms with Gasteiger partial charge in [0.15, 0.2) is 5.11 Å². The molecule has 3 aromatic carbocycles. The van der Waals surface area contributed by atoms with Gasteiger partial charge in [0.05, 0.1) is 23.5 Å². The number of hydrogen-bond acceptors (Lipinski definition) is 3. The molecule has 0 unspecified atom stereocenters.